The minimum absolute atomic E-state index is 0.0532. The highest BCUT2D eigenvalue weighted by molar-refractivity contribution is 5.76. The minimum Gasteiger partial charge on any atom is -0.383 e. The highest BCUT2D eigenvalue weighted by Gasteiger charge is 2.19. The fourth-order valence-corrected chi connectivity index (χ4v) is 1.99. The number of carbonyl (C=O) groups excluding carboxylic acids is 1. The lowest BCUT2D eigenvalue weighted by atomic mass is 9.98. The molecule has 1 aliphatic rings. The van der Waals surface area contributed by atoms with Gasteiger partial charge in [0, 0.05) is 20.7 Å². The van der Waals surface area contributed by atoms with Gasteiger partial charge in [0.25, 0.3) is 0 Å². The average Bonchev–Trinajstić information content (AvgIpc) is 2.37. The predicted molar refractivity (Wildman–Crippen MR) is 65.9 cm³/mol. The van der Waals surface area contributed by atoms with Crippen LogP contribution in [0.25, 0.3) is 0 Å². The molecule has 0 aliphatic carbocycles. The number of hydrogen-bond donors (Lipinski definition) is 1. The third-order valence-electron chi connectivity index (χ3n) is 3.18. The summed E-state index contributed by atoms with van der Waals surface area (Å²) >= 11 is 0. The van der Waals surface area contributed by atoms with Crippen LogP contribution in [0.5, 0.6) is 0 Å². The quantitative estimate of drug-likeness (QED) is 0.690. The topological polar surface area (TPSA) is 50.8 Å². The minimum atomic E-state index is -0.0532. The van der Waals surface area contributed by atoms with Gasteiger partial charge in [0.15, 0.2) is 0 Å². The second kappa shape index (κ2) is 8.44. The first-order chi connectivity index (χ1) is 8.26. The largest absolute Gasteiger partial charge is 0.383 e. The van der Waals surface area contributed by atoms with E-state index >= 15 is 0 Å². The van der Waals surface area contributed by atoms with Crippen molar-refractivity contribution in [3.05, 3.63) is 0 Å². The van der Waals surface area contributed by atoms with Crippen LogP contribution in [0.3, 0.4) is 0 Å². The van der Waals surface area contributed by atoms with Crippen LogP contribution in [0.1, 0.15) is 12.8 Å². The molecule has 0 saturated carbocycles. The van der Waals surface area contributed by atoms with Gasteiger partial charge in [0.2, 0.25) is 5.91 Å². The van der Waals surface area contributed by atoms with Gasteiger partial charge in [0.1, 0.15) is 6.61 Å². The molecule has 0 aromatic heterocycles. The predicted octanol–water partition coefficient (Wildman–Crippen LogP) is 0.107. The molecular formula is C12H24N2O3. The van der Waals surface area contributed by atoms with Crippen molar-refractivity contribution in [3.8, 4) is 0 Å². The molecule has 5 heteroatoms. The Morgan fingerprint density at radius 1 is 1.41 bits per heavy atom. The Kier molecular flexibility index (Phi) is 7.16. The Bertz CT molecular complexity index is 216. The van der Waals surface area contributed by atoms with Crippen LogP contribution in [0, 0.1) is 5.92 Å². The van der Waals surface area contributed by atoms with E-state index in [2.05, 4.69) is 10.2 Å². The Morgan fingerprint density at radius 3 is 2.71 bits per heavy atom. The molecule has 5 nitrogen and oxygen atoms in total. The second-order valence-electron chi connectivity index (χ2n) is 4.47. The lowest BCUT2D eigenvalue weighted by Crippen LogP contribution is -2.37. The zero-order chi connectivity index (χ0) is 12.5. The molecule has 0 aromatic carbocycles. The van der Waals surface area contributed by atoms with E-state index in [-0.39, 0.29) is 12.5 Å². The van der Waals surface area contributed by atoms with Crippen LogP contribution in [0.2, 0.25) is 0 Å². The van der Waals surface area contributed by atoms with Crippen molar-refractivity contribution in [2.75, 3.05) is 53.6 Å². The molecule has 1 heterocycles. The number of nitrogens with zero attached hydrogens (tertiary/aromatic N) is 1. The second-order valence-corrected chi connectivity index (χ2v) is 4.47. The highest BCUT2D eigenvalue weighted by atomic mass is 16.5. The van der Waals surface area contributed by atoms with Gasteiger partial charge in [-0.2, -0.15) is 0 Å². The molecule has 1 amide bonds. The van der Waals surface area contributed by atoms with Crippen molar-refractivity contribution in [2.45, 2.75) is 12.8 Å². The molecule has 0 unspecified atom stereocenters. The van der Waals surface area contributed by atoms with Crippen molar-refractivity contribution in [3.63, 3.8) is 0 Å². The van der Waals surface area contributed by atoms with Crippen molar-refractivity contribution in [2.24, 2.45) is 5.92 Å². The van der Waals surface area contributed by atoms with Crippen molar-refractivity contribution < 1.29 is 14.3 Å². The molecular weight excluding hydrogens is 220 g/mol. The van der Waals surface area contributed by atoms with E-state index in [9.17, 15) is 4.79 Å². The number of methoxy groups -OCH3 is 1. The molecule has 0 aromatic rings. The zero-order valence-corrected chi connectivity index (χ0v) is 10.9. The average molecular weight is 244 g/mol. The number of amides is 1. The maximum atomic E-state index is 11.0. The molecule has 0 radical (unpaired) electrons. The zero-order valence-electron chi connectivity index (χ0n) is 10.9. The smallest absolute Gasteiger partial charge is 0.245 e. The van der Waals surface area contributed by atoms with E-state index < -0.39 is 0 Å². The monoisotopic (exact) mass is 244 g/mol. The van der Waals surface area contributed by atoms with Crippen LogP contribution in [-0.2, 0) is 14.3 Å². The van der Waals surface area contributed by atoms with Gasteiger partial charge in [-0.1, -0.05) is 0 Å². The summed E-state index contributed by atoms with van der Waals surface area (Å²) in [5.74, 6) is 0.543. The first-order valence-electron chi connectivity index (χ1n) is 6.26. The van der Waals surface area contributed by atoms with Crippen molar-refractivity contribution in [1.82, 2.24) is 10.2 Å². The summed E-state index contributed by atoms with van der Waals surface area (Å²) < 4.78 is 10.5. The van der Waals surface area contributed by atoms with Gasteiger partial charge in [-0.25, -0.2) is 0 Å². The first kappa shape index (κ1) is 14.4. The summed E-state index contributed by atoms with van der Waals surface area (Å²) in [6, 6.07) is 0. The summed E-state index contributed by atoms with van der Waals surface area (Å²) in [6.07, 6.45) is 2.30. The lowest BCUT2D eigenvalue weighted by Gasteiger charge is -2.31. The standard InChI is InChI=1S/C12H24N2O3/c1-13-12(15)10-17-9-11-3-5-14(6-4-11)7-8-16-2/h11H,3-10H2,1-2H3,(H,13,15). The number of likely N-dealkylation sites (tertiary alicyclic amines) is 1. The van der Waals surface area contributed by atoms with E-state index in [1.165, 1.54) is 0 Å². The normalized spacial score (nSPS) is 18.2. The molecule has 1 aliphatic heterocycles. The third kappa shape index (κ3) is 6.00. The number of rotatable bonds is 7. The van der Waals surface area contributed by atoms with E-state index in [0.717, 1.165) is 39.1 Å². The molecule has 100 valence electrons. The Morgan fingerprint density at radius 2 is 2.12 bits per heavy atom. The Balaban J connectivity index is 2.04. The van der Waals surface area contributed by atoms with Crippen LogP contribution >= 0.6 is 0 Å². The van der Waals surface area contributed by atoms with Gasteiger partial charge in [0.05, 0.1) is 13.2 Å². The lowest BCUT2D eigenvalue weighted by molar-refractivity contribution is -0.125. The molecule has 1 saturated heterocycles. The SMILES string of the molecule is CNC(=O)COCC1CCN(CCOC)CC1. The summed E-state index contributed by atoms with van der Waals surface area (Å²) in [7, 11) is 3.36. The fraction of sp³-hybridized carbons (Fsp3) is 0.917. The van der Waals surface area contributed by atoms with E-state index in [0.29, 0.717) is 12.5 Å². The maximum Gasteiger partial charge on any atom is 0.245 e. The van der Waals surface area contributed by atoms with Crippen LogP contribution in [0.4, 0.5) is 0 Å². The molecule has 1 N–H and O–H groups in total. The summed E-state index contributed by atoms with van der Waals surface area (Å²) in [5, 5.41) is 2.55. The number of nitrogens with one attached hydrogen (secondary N) is 1. The summed E-state index contributed by atoms with van der Waals surface area (Å²) in [6.45, 7) is 4.92. The number of piperidine rings is 1. The number of likely N-dealkylation sites (N-methyl/N-ethyl adjacent to an activating group) is 1. The Hall–Kier alpha value is -0.650. The van der Waals surface area contributed by atoms with Gasteiger partial charge < -0.3 is 19.7 Å². The van der Waals surface area contributed by atoms with Gasteiger partial charge >= 0.3 is 0 Å². The molecule has 1 fully saturated rings. The Labute approximate surface area is 103 Å². The highest BCUT2D eigenvalue weighted by Crippen LogP contribution is 2.16. The van der Waals surface area contributed by atoms with Gasteiger partial charge in [-0.3, -0.25) is 4.79 Å². The van der Waals surface area contributed by atoms with Crippen molar-refractivity contribution >= 4 is 5.91 Å². The molecule has 0 spiro atoms. The summed E-state index contributed by atoms with van der Waals surface area (Å²) in [4.78, 5) is 13.4. The van der Waals surface area contributed by atoms with Crippen LogP contribution in [0.15, 0.2) is 0 Å². The van der Waals surface area contributed by atoms with E-state index in [1.807, 2.05) is 0 Å². The molecule has 17 heavy (non-hydrogen) atoms. The summed E-state index contributed by atoms with van der Waals surface area (Å²) in [5.41, 5.74) is 0. The van der Waals surface area contributed by atoms with Crippen molar-refractivity contribution in [1.29, 1.82) is 0 Å². The molecule has 0 atom stereocenters. The fourth-order valence-electron chi connectivity index (χ4n) is 1.99. The van der Waals surface area contributed by atoms with Gasteiger partial charge in [-0.15, -0.1) is 0 Å². The van der Waals surface area contributed by atoms with Crippen LogP contribution < -0.4 is 5.32 Å². The molecule has 0 bridgehead atoms. The third-order valence-corrected chi connectivity index (χ3v) is 3.18. The van der Waals surface area contributed by atoms with Crippen LogP contribution in [-0.4, -0.2) is 64.4 Å². The number of hydrogen-bond acceptors (Lipinski definition) is 4. The molecule has 1 rings (SSSR count). The van der Waals surface area contributed by atoms with E-state index in [4.69, 9.17) is 9.47 Å². The van der Waals surface area contributed by atoms with Gasteiger partial charge in [-0.05, 0) is 31.8 Å². The first-order valence-corrected chi connectivity index (χ1v) is 6.26. The number of ether oxygens (including phenoxy) is 2. The number of carbonyl (C=O) groups is 1. The maximum absolute atomic E-state index is 11.0. The van der Waals surface area contributed by atoms with E-state index in [1.54, 1.807) is 14.2 Å².